The Bertz CT molecular complexity index is 415. The molecule has 1 atom stereocenters. The Labute approximate surface area is 90.3 Å². The number of hydrogen-bond acceptors (Lipinski definition) is 6. The molecule has 0 aromatic carbocycles. The summed E-state index contributed by atoms with van der Waals surface area (Å²) >= 11 is 0. The summed E-state index contributed by atoms with van der Waals surface area (Å²) in [5.41, 5.74) is 1.62. The number of hydrogen-bond donors (Lipinski definition) is 2. The minimum absolute atomic E-state index is 0.151. The van der Waals surface area contributed by atoms with Crippen LogP contribution in [0.5, 0.6) is 5.88 Å². The Balaban J connectivity index is 3.07. The molecule has 1 unspecified atom stereocenters. The van der Waals surface area contributed by atoms with E-state index in [0.717, 1.165) is 10.9 Å². The van der Waals surface area contributed by atoms with Crippen molar-refractivity contribution in [1.29, 1.82) is 0 Å². The van der Waals surface area contributed by atoms with Gasteiger partial charge in [-0.2, -0.15) is 0 Å². The van der Waals surface area contributed by atoms with Crippen molar-refractivity contribution in [3.05, 3.63) is 16.3 Å². The number of nitro groups is 1. The number of methoxy groups -OCH3 is 1. The van der Waals surface area contributed by atoms with Crippen LogP contribution in [-0.2, 0) is 4.79 Å². The number of nitrogens with one attached hydrogen (secondary N) is 1. The van der Waals surface area contributed by atoms with E-state index in [9.17, 15) is 14.9 Å². The molecule has 0 fully saturated rings. The monoisotopic (exact) mass is 229 g/mol. The third kappa shape index (κ3) is 2.08. The van der Waals surface area contributed by atoms with E-state index in [-0.39, 0.29) is 11.6 Å². The summed E-state index contributed by atoms with van der Waals surface area (Å²) < 4.78 is 5.82. The minimum Gasteiger partial charge on any atom is -0.475 e. The third-order valence-electron chi connectivity index (χ3n) is 1.99. The van der Waals surface area contributed by atoms with Crippen molar-refractivity contribution in [2.45, 2.75) is 13.0 Å². The fourth-order valence-corrected chi connectivity index (χ4v) is 1.08. The van der Waals surface area contributed by atoms with Gasteiger partial charge in [0.2, 0.25) is 0 Å². The Morgan fingerprint density at radius 1 is 1.81 bits per heavy atom. The number of carbonyl (C=O) groups excluding carboxylic acids is 1. The zero-order valence-corrected chi connectivity index (χ0v) is 8.71. The largest absolute Gasteiger partial charge is 0.475 e. The summed E-state index contributed by atoms with van der Waals surface area (Å²) in [6, 6.07) is -0.757. The predicted molar refractivity (Wildman–Crippen MR) is 52.5 cm³/mol. The van der Waals surface area contributed by atoms with Gasteiger partial charge in [-0.1, -0.05) is 0 Å². The van der Waals surface area contributed by atoms with E-state index < -0.39 is 16.9 Å². The molecule has 0 radical (unpaired) electrons. The normalized spacial score (nSPS) is 11.9. The first-order valence-corrected chi connectivity index (χ1v) is 4.29. The maximum atomic E-state index is 11.2. The van der Waals surface area contributed by atoms with Gasteiger partial charge in [0.25, 0.3) is 5.91 Å². The molecule has 9 nitrogen and oxygen atoms in total. The molecular weight excluding hydrogens is 218 g/mol. The highest BCUT2D eigenvalue weighted by molar-refractivity contribution is 5.79. The molecular formula is C7H11N5O4. The first-order chi connectivity index (χ1) is 7.51. The average molecular weight is 229 g/mol. The standard InChI is InChI=1S/C7H11N5O4/c1-4(6(13)9-8)11-3-5(12(14)15)7(10-11)16-2/h3-4H,8H2,1-2H3,(H,9,13). The molecule has 0 saturated heterocycles. The molecule has 0 bridgehead atoms. The molecule has 0 spiro atoms. The second-order valence-corrected chi connectivity index (χ2v) is 2.95. The first kappa shape index (κ1) is 11.9. The van der Waals surface area contributed by atoms with Gasteiger partial charge in [-0.15, -0.1) is 5.10 Å². The second-order valence-electron chi connectivity index (χ2n) is 2.95. The SMILES string of the molecule is COc1nn(C(C)C(=O)NN)cc1[N+](=O)[O-]. The van der Waals surface area contributed by atoms with Gasteiger partial charge in [-0.3, -0.25) is 20.3 Å². The van der Waals surface area contributed by atoms with Crippen LogP contribution in [0.15, 0.2) is 6.20 Å². The third-order valence-corrected chi connectivity index (χ3v) is 1.99. The van der Waals surface area contributed by atoms with Crippen LogP contribution in [0.3, 0.4) is 0 Å². The molecule has 1 aromatic rings. The van der Waals surface area contributed by atoms with Gasteiger partial charge in [0.1, 0.15) is 12.2 Å². The molecule has 0 saturated carbocycles. The molecule has 0 aliphatic carbocycles. The summed E-state index contributed by atoms with van der Waals surface area (Å²) in [4.78, 5) is 21.1. The number of nitrogens with zero attached hydrogens (tertiary/aromatic N) is 3. The van der Waals surface area contributed by atoms with Gasteiger partial charge in [0.05, 0.1) is 12.0 Å². The number of aromatic nitrogens is 2. The summed E-state index contributed by atoms with van der Waals surface area (Å²) in [5.74, 6) is 4.28. The number of carbonyl (C=O) groups is 1. The van der Waals surface area contributed by atoms with Gasteiger partial charge >= 0.3 is 11.6 Å². The van der Waals surface area contributed by atoms with Crippen molar-refractivity contribution >= 4 is 11.6 Å². The molecule has 0 aliphatic rings. The van der Waals surface area contributed by atoms with Crippen LogP contribution >= 0.6 is 0 Å². The van der Waals surface area contributed by atoms with Gasteiger partial charge in [0.15, 0.2) is 0 Å². The molecule has 0 aliphatic heterocycles. The topological polar surface area (TPSA) is 125 Å². The lowest BCUT2D eigenvalue weighted by Gasteiger charge is -2.08. The highest BCUT2D eigenvalue weighted by Gasteiger charge is 2.24. The van der Waals surface area contributed by atoms with Crippen LogP contribution < -0.4 is 16.0 Å². The average Bonchev–Trinajstić information content (AvgIpc) is 2.70. The quantitative estimate of drug-likeness (QED) is 0.306. The van der Waals surface area contributed by atoms with Crippen molar-refractivity contribution in [2.24, 2.45) is 5.84 Å². The van der Waals surface area contributed by atoms with E-state index in [0.29, 0.717) is 0 Å². The minimum atomic E-state index is -0.757. The summed E-state index contributed by atoms with van der Waals surface area (Å²) in [5, 5.41) is 14.4. The van der Waals surface area contributed by atoms with Crippen LogP contribution in [0, 0.1) is 10.1 Å². The lowest BCUT2D eigenvalue weighted by atomic mass is 10.3. The zero-order chi connectivity index (χ0) is 12.3. The van der Waals surface area contributed by atoms with Crippen LogP contribution in [0.1, 0.15) is 13.0 Å². The highest BCUT2D eigenvalue weighted by atomic mass is 16.6. The van der Waals surface area contributed by atoms with Crippen molar-refractivity contribution in [1.82, 2.24) is 15.2 Å². The van der Waals surface area contributed by atoms with Gasteiger partial charge in [0, 0.05) is 0 Å². The number of rotatable bonds is 4. The highest BCUT2D eigenvalue weighted by Crippen LogP contribution is 2.25. The van der Waals surface area contributed by atoms with Crippen molar-refractivity contribution in [3.8, 4) is 5.88 Å². The zero-order valence-electron chi connectivity index (χ0n) is 8.71. The number of amides is 1. The molecule has 1 rings (SSSR count). The molecule has 1 aromatic heterocycles. The van der Waals surface area contributed by atoms with E-state index in [1.54, 1.807) is 0 Å². The van der Waals surface area contributed by atoms with E-state index in [2.05, 4.69) is 5.10 Å². The Morgan fingerprint density at radius 3 is 2.81 bits per heavy atom. The summed E-state index contributed by atoms with van der Waals surface area (Å²) in [6.07, 6.45) is 1.11. The molecule has 16 heavy (non-hydrogen) atoms. The summed E-state index contributed by atoms with van der Waals surface area (Å²) in [7, 11) is 1.26. The molecule has 3 N–H and O–H groups in total. The van der Waals surface area contributed by atoms with Crippen LogP contribution in [0.25, 0.3) is 0 Å². The molecule has 1 amide bonds. The predicted octanol–water partition coefficient (Wildman–Crippen LogP) is -0.649. The maximum Gasteiger partial charge on any atom is 0.350 e. The van der Waals surface area contributed by atoms with Crippen LogP contribution in [0.4, 0.5) is 5.69 Å². The van der Waals surface area contributed by atoms with Crippen molar-refractivity contribution < 1.29 is 14.5 Å². The van der Waals surface area contributed by atoms with Crippen LogP contribution in [0.2, 0.25) is 0 Å². The Hall–Kier alpha value is -2.16. The lowest BCUT2D eigenvalue weighted by molar-refractivity contribution is -0.385. The van der Waals surface area contributed by atoms with E-state index >= 15 is 0 Å². The van der Waals surface area contributed by atoms with Crippen molar-refractivity contribution in [2.75, 3.05) is 7.11 Å². The van der Waals surface area contributed by atoms with Crippen LogP contribution in [-0.4, -0.2) is 27.7 Å². The Morgan fingerprint density at radius 2 is 2.44 bits per heavy atom. The van der Waals surface area contributed by atoms with Gasteiger partial charge in [-0.25, -0.2) is 10.5 Å². The van der Waals surface area contributed by atoms with E-state index in [4.69, 9.17) is 10.6 Å². The maximum absolute atomic E-state index is 11.2. The number of nitrogens with two attached hydrogens (primary N) is 1. The van der Waals surface area contributed by atoms with E-state index in [1.165, 1.54) is 14.0 Å². The lowest BCUT2D eigenvalue weighted by Crippen LogP contribution is -2.36. The smallest absolute Gasteiger partial charge is 0.350 e. The second kappa shape index (κ2) is 4.57. The van der Waals surface area contributed by atoms with Gasteiger partial charge < -0.3 is 4.74 Å². The summed E-state index contributed by atoms with van der Waals surface area (Å²) in [6.45, 7) is 1.50. The fraction of sp³-hybridized carbons (Fsp3) is 0.429. The number of hydrazine groups is 1. The first-order valence-electron chi connectivity index (χ1n) is 4.29. The van der Waals surface area contributed by atoms with Crippen molar-refractivity contribution in [3.63, 3.8) is 0 Å². The number of ether oxygens (including phenoxy) is 1. The molecule has 1 heterocycles. The van der Waals surface area contributed by atoms with Gasteiger partial charge in [-0.05, 0) is 6.92 Å². The Kier molecular flexibility index (Phi) is 3.40. The molecule has 88 valence electrons. The fourth-order valence-electron chi connectivity index (χ4n) is 1.08. The van der Waals surface area contributed by atoms with E-state index in [1.807, 2.05) is 5.43 Å². The molecule has 9 heteroatoms.